The van der Waals surface area contributed by atoms with Gasteiger partial charge >= 0.3 is 0 Å². The van der Waals surface area contributed by atoms with Gasteiger partial charge in [-0.25, -0.2) is 8.42 Å². The van der Waals surface area contributed by atoms with E-state index in [-0.39, 0.29) is 17.7 Å². The molecule has 1 saturated carbocycles. The highest BCUT2D eigenvalue weighted by atomic mass is 32.2. The van der Waals surface area contributed by atoms with Crippen molar-refractivity contribution in [2.24, 2.45) is 0 Å². The topological polar surface area (TPSA) is 66.5 Å². The summed E-state index contributed by atoms with van der Waals surface area (Å²) >= 11 is 0. The van der Waals surface area contributed by atoms with Crippen molar-refractivity contribution in [1.82, 2.24) is 9.62 Å². The van der Waals surface area contributed by atoms with Gasteiger partial charge in [-0.3, -0.25) is 4.79 Å². The fraction of sp³-hybridized carbons (Fsp3) is 0.632. The zero-order valence-corrected chi connectivity index (χ0v) is 15.7. The Hall–Kier alpha value is -1.40. The normalized spacial score (nSPS) is 22.8. The van der Waals surface area contributed by atoms with Crippen LogP contribution in [0.2, 0.25) is 0 Å². The molecule has 0 unspecified atom stereocenters. The first-order valence-electron chi connectivity index (χ1n) is 9.31. The fourth-order valence-electron chi connectivity index (χ4n) is 3.97. The van der Waals surface area contributed by atoms with Crippen molar-refractivity contribution in [3.63, 3.8) is 0 Å². The van der Waals surface area contributed by atoms with E-state index in [1.165, 1.54) is 10.7 Å². The van der Waals surface area contributed by atoms with Crippen LogP contribution in [0.1, 0.15) is 56.1 Å². The summed E-state index contributed by atoms with van der Waals surface area (Å²) in [7, 11) is -3.49. The molecular formula is C19H28N2O3S. The third-order valence-corrected chi connectivity index (χ3v) is 7.10. The Kier molecular flexibility index (Phi) is 5.79. The molecule has 1 aliphatic carbocycles. The Morgan fingerprint density at radius 2 is 1.92 bits per heavy atom. The summed E-state index contributed by atoms with van der Waals surface area (Å²) in [6, 6.07) is 7.21. The second kappa shape index (κ2) is 7.87. The van der Waals surface area contributed by atoms with E-state index in [1.807, 2.05) is 31.2 Å². The van der Waals surface area contributed by atoms with Crippen LogP contribution in [0.5, 0.6) is 0 Å². The van der Waals surface area contributed by atoms with Crippen molar-refractivity contribution in [1.29, 1.82) is 0 Å². The minimum absolute atomic E-state index is 0.0398. The van der Waals surface area contributed by atoms with Crippen molar-refractivity contribution in [2.45, 2.75) is 69.7 Å². The standard InChI is InChI=1S/C19H28N2O3S/c1-15-7-5-8-16(13-15)14-25(23,24)21-12-6-11-18(21)19(22)20-17-9-3-2-4-10-17/h5,7-8,13,17-18H,2-4,6,9-12,14H2,1H3,(H,20,22)/t18-/m0/s1. The number of amides is 1. The van der Waals surface area contributed by atoms with Crippen molar-refractivity contribution >= 4 is 15.9 Å². The quantitative estimate of drug-likeness (QED) is 0.874. The van der Waals surface area contributed by atoms with Crippen LogP contribution in [0, 0.1) is 6.92 Å². The second-order valence-corrected chi connectivity index (χ2v) is 9.28. The van der Waals surface area contributed by atoms with Gasteiger partial charge < -0.3 is 5.32 Å². The molecule has 25 heavy (non-hydrogen) atoms. The predicted molar refractivity (Wildman–Crippen MR) is 98.5 cm³/mol. The zero-order chi connectivity index (χ0) is 17.9. The molecule has 1 aromatic carbocycles. The van der Waals surface area contributed by atoms with Gasteiger partial charge in [0.25, 0.3) is 0 Å². The van der Waals surface area contributed by atoms with E-state index in [0.29, 0.717) is 13.0 Å². The highest BCUT2D eigenvalue weighted by Gasteiger charge is 2.39. The molecule has 0 radical (unpaired) electrons. The summed E-state index contributed by atoms with van der Waals surface area (Å²) in [5.74, 6) is -0.153. The van der Waals surface area contributed by atoms with E-state index in [2.05, 4.69) is 5.32 Å². The molecule has 1 atom stereocenters. The average Bonchev–Trinajstić information content (AvgIpc) is 3.06. The fourth-order valence-corrected chi connectivity index (χ4v) is 5.74. The number of aryl methyl sites for hydroxylation is 1. The summed E-state index contributed by atoms with van der Waals surface area (Å²) in [5.41, 5.74) is 1.82. The molecule has 6 heteroatoms. The number of rotatable bonds is 5. The monoisotopic (exact) mass is 364 g/mol. The summed E-state index contributed by atoms with van der Waals surface area (Å²) in [4.78, 5) is 12.7. The van der Waals surface area contributed by atoms with Crippen molar-refractivity contribution in [3.05, 3.63) is 35.4 Å². The molecule has 0 bridgehead atoms. The van der Waals surface area contributed by atoms with Crippen molar-refractivity contribution in [3.8, 4) is 0 Å². The van der Waals surface area contributed by atoms with E-state index in [4.69, 9.17) is 0 Å². The number of hydrogen-bond donors (Lipinski definition) is 1. The number of carbonyl (C=O) groups is 1. The Bertz CT molecular complexity index is 711. The number of benzene rings is 1. The summed E-state index contributed by atoms with van der Waals surface area (Å²) < 4.78 is 27.2. The molecule has 0 aromatic heterocycles. The molecule has 138 valence electrons. The Labute approximate surface area is 150 Å². The maximum Gasteiger partial charge on any atom is 0.238 e. The van der Waals surface area contributed by atoms with Gasteiger partial charge in [0.2, 0.25) is 15.9 Å². The molecule has 2 aliphatic rings. The molecule has 1 heterocycles. The molecule has 1 saturated heterocycles. The Morgan fingerprint density at radius 3 is 2.64 bits per heavy atom. The summed E-state index contributed by atoms with van der Waals surface area (Å²) in [5, 5.41) is 3.09. The summed E-state index contributed by atoms with van der Waals surface area (Å²) in [6.07, 6.45) is 6.90. The molecule has 1 amide bonds. The van der Waals surface area contributed by atoms with E-state index >= 15 is 0 Å². The lowest BCUT2D eigenvalue weighted by Gasteiger charge is -2.28. The number of carbonyl (C=O) groups excluding carboxylic acids is 1. The smallest absolute Gasteiger partial charge is 0.238 e. The molecule has 2 fully saturated rings. The first-order chi connectivity index (χ1) is 12.0. The maximum atomic E-state index is 12.9. The third kappa shape index (κ3) is 4.61. The zero-order valence-electron chi connectivity index (χ0n) is 14.9. The van der Waals surface area contributed by atoms with Crippen molar-refractivity contribution in [2.75, 3.05) is 6.54 Å². The van der Waals surface area contributed by atoms with Crippen molar-refractivity contribution < 1.29 is 13.2 Å². The van der Waals surface area contributed by atoms with Gasteiger partial charge in [0.1, 0.15) is 6.04 Å². The van der Waals surface area contributed by atoms with Crippen LogP contribution in [0.25, 0.3) is 0 Å². The lowest BCUT2D eigenvalue weighted by molar-refractivity contribution is -0.125. The van der Waals surface area contributed by atoms with Crippen LogP contribution in [0.4, 0.5) is 0 Å². The van der Waals surface area contributed by atoms with Gasteiger partial charge in [-0.05, 0) is 38.2 Å². The van der Waals surface area contributed by atoms with Crippen LogP contribution in [-0.4, -0.2) is 37.3 Å². The third-order valence-electron chi connectivity index (χ3n) is 5.25. The van der Waals surface area contributed by atoms with Gasteiger partial charge in [-0.15, -0.1) is 0 Å². The van der Waals surface area contributed by atoms with Gasteiger partial charge in [-0.2, -0.15) is 4.31 Å². The SMILES string of the molecule is Cc1cccc(CS(=O)(=O)N2CCC[C@H]2C(=O)NC2CCCCC2)c1. The van der Waals surface area contributed by atoms with E-state index in [0.717, 1.165) is 43.2 Å². The molecule has 1 N–H and O–H groups in total. The van der Waals surface area contributed by atoms with E-state index in [1.54, 1.807) is 0 Å². The van der Waals surface area contributed by atoms with Gasteiger partial charge in [0, 0.05) is 12.6 Å². The molecular weight excluding hydrogens is 336 g/mol. The van der Waals surface area contributed by atoms with Gasteiger partial charge in [0.05, 0.1) is 5.75 Å². The molecule has 5 nitrogen and oxygen atoms in total. The maximum absolute atomic E-state index is 12.9. The molecule has 1 aromatic rings. The number of nitrogens with zero attached hydrogens (tertiary/aromatic N) is 1. The Balaban J connectivity index is 1.68. The second-order valence-electron chi connectivity index (χ2n) is 7.36. The van der Waals surface area contributed by atoms with Crippen LogP contribution >= 0.6 is 0 Å². The first kappa shape index (κ1) is 18.4. The highest BCUT2D eigenvalue weighted by Crippen LogP contribution is 2.25. The van der Waals surface area contributed by atoms with E-state index < -0.39 is 16.1 Å². The number of nitrogens with one attached hydrogen (secondary N) is 1. The minimum atomic E-state index is -3.49. The molecule has 0 spiro atoms. The van der Waals surface area contributed by atoms with Crippen LogP contribution < -0.4 is 5.32 Å². The molecule has 1 aliphatic heterocycles. The minimum Gasteiger partial charge on any atom is -0.352 e. The van der Waals surface area contributed by atoms with Crippen LogP contribution in [-0.2, 0) is 20.6 Å². The number of sulfonamides is 1. The van der Waals surface area contributed by atoms with Crippen LogP contribution in [0.3, 0.4) is 0 Å². The average molecular weight is 365 g/mol. The molecule has 3 rings (SSSR count). The highest BCUT2D eigenvalue weighted by molar-refractivity contribution is 7.88. The van der Waals surface area contributed by atoms with Crippen LogP contribution in [0.15, 0.2) is 24.3 Å². The lowest BCUT2D eigenvalue weighted by Crippen LogP contribution is -2.49. The first-order valence-corrected chi connectivity index (χ1v) is 10.9. The number of hydrogen-bond acceptors (Lipinski definition) is 3. The lowest BCUT2D eigenvalue weighted by atomic mass is 9.95. The predicted octanol–water partition coefficient (Wildman–Crippen LogP) is 2.74. The Morgan fingerprint density at radius 1 is 1.16 bits per heavy atom. The van der Waals surface area contributed by atoms with Gasteiger partial charge in [-0.1, -0.05) is 49.1 Å². The largest absolute Gasteiger partial charge is 0.352 e. The summed E-state index contributed by atoms with van der Waals surface area (Å²) in [6.45, 7) is 2.39. The van der Waals surface area contributed by atoms with Gasteiger partial charge in [0.15, 0.2) is 0 Å². The van der Waals surface area contributed by atoms with E-state index in [9.17, 15) is 13.2 Å².